The molecule has 0 spiro atoms. The van der Waals surface area contributed by atoms with Gasteiger partial charge in [0.25, 0.3) is 0 Å². The molecule has 34 heavy (non-hydrogen) atoms. The topological polar surface area (TPSA) is 89.9 Å². The minimum absolute atomic E-state index is 0.118. The Hall–Kier alpha value is -4.84. The third kappa shape index (κ3) is 5.69. The Morgan fingerprint density at radius 3 is 1.21 bits per heavy atom. The van der Waals surface area contributed by atoms with Crippen molar-refractivity contribution in [3.63, 3.8) is 0 Å². The SMILES string of the molecule is Oc1ccccc1/C=N/N=C(/C(=N/N=C/c1ccccc1O)c1ccccc1)c1ccccc1. The van der Waals surface area contributed by atoms with E-state index in [2.05, 4.69) is 20.4 Å². The second kappa shape index (κ2) is 11.2. The molecule has 0 amide bonds. The van der Waals surface area contributed by atoms with E-state index in [1.807, 2.05) is 72.8 Å². The van der Waals surface area contributed by atoms with Crippen molar-refractivity contribution in [2.45, 2.75) is 0 Å². The van der Waals surface area contributed by atoms with Crippen LogP contribution < -0.4 is 0 Å². The predicted octanol–water partition coefficient (Wildman–Crippen LogP) is 5.44. The molecule has 0 fully saturated rings. The van der Waals surface area contributed by atoms with E-state index in [-0.39, 0.29) is 11.5 Å². The van der Waals surface area contributed by atoms with Gasteiger partial charge in [-0.2, -0.15) is 10.2 Å². The van der Waals surface area contributed by atoms with Crippen LogP contribution in [0.15, 0.2) is 130 Å². The highest BCUT2D eigenvalue weighted by Crippen LogP contribution is 2.15. The lowest BCUT2D eigenvalue weighted by molar-refractivity contribution is 0.474. The number of hydrogen-bond donors (Lipinski definition) is 2. The summed E-state index contributed by atoms with van der Waals surface area (Å²) in [6, 6.07) is 32.9. The lowest BCUT2D eigenvalue weighted by Crippen LogP contribution is -2.17. The fourth-order valence-electron chi connectivity index (χ4n) is 3.17. The maximum Gasteiger partial charge on any atom is 0.124 e. The normalized spacial score (nSPS) is 12.5. The van der Waals surface area contributed by atoms with E-state index in [1.165, 1.54) is 12.4 Å². The Balaban J connectivity index is 1.80. The van der Waals surface area contributed by atoms with Crippen LogP contribution in [0.4, 0.5) is 0 Å². The molecule has 0 saturated heterocycles. The Kier molecular flexibility index (Phi) is 7.33. The van der Waals surface area contributed by atoms with E-state index in [0.29, 0.717) is 22.6 Å². The molecule has 0 unspecified atom stereocenters. The fourth-order valence-corrected chi connectivity index (χ4v) is 3.17. The maximum absolute atomic E-state index is 10.0. The van der Waals surface area contributed by atoms with Gasteiger partial charge in [-0.3, -0.25) is 0 Å². The van der Waals surface area contributed by atoms with Crippen LogP contribution in [-0.2, 0) is 0 Å². The van der Waals surface area contributed by atoms with Crippen molar-refractivity contribution in [3.8, 4) is 11.5 Å². The number of aromatic hydroxyl groups is 2. The fraction of sp³-hybridized carbons (Fsp3) is 0. The number of phenolic OH excluding ortho intramolecular Hbond substituents is 2. The molecule has 4 aromatic carbocycles. The first-order valence-corrected chi connectivity index (χ1v) is 10.6. The highest BCUT2D eigenvalue weighted by molar-refractivity contribution is 6.53. The van der Waals surface area contributed by atoms with Crippen LogP contribution in [0.2, 0.25) is 0 Å². The first kappa shape index (κ1) is 22.4. The van der Waals surface area contributed by atoms with Gasteiger partial charge in [-0.05, 0) is 24.3 Å². The third-order valence-electron chi connectivity index (χ3n) is 4.90. The second-order valence-corrected chi connectivity index (χ2v) is 7.24. The Bertz CT molecular complexity index is 1250. The molecule has 0 aliphatic heterocycles. The van der Waals surface area contributed by atoms with Gasteiger partial charge in [0.15, 0.2) is 0 Å². The average molecular weight is 447 g/mol. The molecule has 0 heterocycles. The monoisotopic (exact) mass is 446 g/mol. The maximum atomic E-state index is 10.0. The molecular weight excluding hydrogens is 424 g/mol. The standard InChI is InChI=1S/C28H22N4O2/c33-25-17-9-7-15-23(25)19-29-31-27(21-11-3-1-4-12-21)28(22-13-5-2-6-14-22)32-30-20-24-16-8-10-18-26(24)34/h1-20,33-34H/b29-19+,30-20+,31-27+,32-28+. The molecule has 4 rings (SSSR count). The Labute approximate surface area is 197 Å². The number of para-hydroxylation sites is 2. The minimum Gasteiger partial charge on any atom is -0.507 e. The summed E-state index contributed by atoms with van der Waals surface area (Å²) < 4.78 is 0. The van der Waals surface area contributed by atoms with Crippen molar-refractivity contribution in [1.29, 1.82) is 0 Å². The molecule has 6 heteroatoms. The summed E-state index contributed by atoms with van der Waals surface area (Å²) in [6.45, 7) is 0. The van der Waals surface area contributed by atoms with Gasteiger partial charge in [0, 0.05) is 22.3 Å². The van der Waals surface area contributed by atoms with Crippen LogP contribution in [0.1, 0.15) is 22.3 Å². The minimum atomic E-state index is 0.118. The largest absolute Gasteiger partial charge is 0.507 e. The molecule has 0 atom stereocenters. The number of nitrogens with zero attached hydrogens (tertiary/aromatic N) is 4. The van der Waals surface area contributed by atoms with E-state index in [4.69, 9.17) is 0 Å². The summed E-state index contributed by atoms with van der Waals surface area (Å²) >= 11 is 0. The number of benzene rings is 4. The lowest BCUT2D eigenvalue weighted by Gasteiger charge is -2.08. The van der Waals surface area contributed by atoms with E-state index < -0.39 is 0 Å². The van der Waals surface area contributed by atoms with Crippen molar-refractivity contribution >= 4 is 23.9 Å². The van der Waals surface area contributed by atoms with Gasteiger partial charge < -0.3 is 10.2 Å². The van der Waals surface area contributed by atoms with Gasteiger partial charge in [-0.25, -0.2) is 0 Å². The Morgan fingerprint density at radius 1 is 0.471 bits per heavy atom. The molecule has 166 valence electrons. The van der Waals surface area contributed by atoms with Gasteiger partial charge in [0.2, 0.25) is 0 Å². The first-order valence-electron chi connectivity index (χ1n) is 10.6. The van der Waals surface area contributed by atoms with Gasteiger partial charge in [-0.15, -0.1) is 10.2 Å². The first-order chi connectivity index (χ1) is 16.7. The summed E-state index contributed by atoms with van der Waals surface area (Å²) in [5.74, 6) is 0.235. The second-order valence-electron chi connectivity index (χ2n) is 7.24. The van der Waals surface area contributed by atoms with Gasteiger partial charge in [0.1, 0.15) is 22.9 Å². The molecule has 0 aliphatic rings. The highest BCUT2D eigenvalue weighted by Gasteiger charge is 2.15. The van der Waals surface area contributed by atoms with Gasteiger partial charge in [-0.1, -0.05) is 84.9 Å². The van der Waals surface area contributed by atoms with Crippen LogP contribution in [0.3, 0.4) is 0 Å². The molecule has 0 bridgehead atoms. The quantitative estimate of drug-likeness (QED) is 0.292. The number of hydrogen-bond acceptors (Lipinski definition) is 6. The van der Waals surface area contributed by atoms with Crippen molar-refractivity contribution in [1.82, 2.24) is 0 Å². The molecule has 0 radical (unpaired) electrons. The highest BCUT2D eigenvalue weighted by atomic mass is 16.3. The van der Waals surface area contributed by atoms with Crippen LogP contribution in [-0.4, -0.2) is 34.1 Å². The predicted molar refractivity (Wildman–Crippen MR) is 137 cm³/mol. The average Bonchev–Trinajstić information content (AvgIpc) is 2.88. The number of phenols is 2. The van der Waals surface area contributed by atoms with Crippen LogP contribution in [0.5, 0.6) is 11.5 Å². The lowest BCUT2D eigenvalue weighted by atomic mass is 10.00. The molecule has 6 nitrogen and oxygen atoms in total. The molecular formula is C28H22N4O2. The van der Waals surface area contributed by atoms with Gasteiger partial charge >= 0.3 is 0 Å². The summed E-state index contributed by atoms with van der Waals surface area (Å²) in [5, 5.41) is 37.5. The molecule has 0 saturated carbocycles. The van der Waals surface area contributed by atoms with Crippen molar-refractivity contribution in [3.05, 3.63) is 131 Å². The van der Waals surface area contributed by atoms with Crippen LogP contribution >= 0.6 is 0 Å². The van der Waals surface area contributed by atoms with Crippen molar-refractivity contribution in [2.24, 2.45) is 20.4 Å². The van der Waals surface area contributed by atoms with Crippen LogP contribution in [0.25, 0.3) is 0 Å². The summed E-state index contributed by atoms with van der Waals surface area (Å²) in [7, 11) is 0. The van der Waals surface area contributed by atoms with E-state index >= 15 is 0 Å². The summed E-state index contributed by atoms with van der Waals surface area (Å²) in [4.78, 5) is 0. The molecule has 4 aromatic rings. The molecule has 2 N–H and O–H groups in total. The number of rotatable bonds is 7. The van der Waals surface area contributed by atoms with Crippen LogP contribution in [0, 0.1) is 0 Å². The van der Waals surface area contributed by atoms with E-state index in [0.717, 1.165) is 11.1 Å². The molecule has 0 aliphatic carbocycles. The smallest absolute Gasteiger partial charge is 0.124 e. The summed E-state index contributed by atoms with van der Waals surface area (Å²) in [5.41, 5.74) is 3.72. The van der Waals surface area contributed by atoms with E-state index in [1.54, 1.807) is 36.4 Å². The Morgan fingerprint density at radius 2 is 0.824 bits per heavy atom. The van der Waals surface area contributed by atoms with Crippen molar-refractivity contribution in [2.75, 3.05) is 0 Å². The third-order valence-corrected chi connectivity index (χ3v) is 4.90. The van der Waals surface area contributed by atoms with E-state index in [9.17, 15) is 10.2 Å². The molecule has 0 aromatic heterocycles. The van der Waals surface area contributed by atoms with Gasteiger partial charge in [0.05, 0.1) is 12.4 Å². The zero-order chi connectivity index (χ0) is 23.6. The van der Waals surface area contributed by atoms with Crippen molar-refractivity contribution < 1.29 is 10.2 Å². The summed E-state index contributed by atoms with van der Waals surface area (Å²) in [6.07, 6.45) is 2.98. The zero-order valence-corrected chi connectivity index (χ0v) is 18.2. The zero-order valence-electron chi connectivity index (χ0n) is 18.2.